The summed E-state index contributed by atoms with van der Waals surface area (Å²) in [5.41, 5.74) is 4.85. The van der Waals surface area contributed by atoms with Crippen LogP contribution in [-0.4, -0.2) is 72.4 Å². The number of rotatable bonds is 4. The second-order valence-corrected chi connectivity index (χ2v) is 10.9. The third-order valence-corrected chi connectivity index (χ3v) is 7.82. The summed E-state index contributed by atoms with van der Waals surface area (Å²) in [4.78, 5) is 28.2. The van der Waals surface area contributed by atoms with E-state index in [1.165, 1.54) is 4.90 Å². The maximum absolute atomic E-state index is 12.8. The van der Waals surface area contributed by atoms with E-state index in [0.29, 0.717) is 38.0 Å². The van der Waals surface area contributed by atoms with E-state index in [1.54, 1.807) is 29.7 Å². The van der Waals surface area contributed by atoms with Crippen molar-refractivity contribution in [3.05, 3.63) is 70.8 Å². The largest absolute Gasteiger partial charge is 0.327 e. The molecule has 0 aliphatic carbocycles. The SMILES string of the molecule is O=C(NO)[C@@H]1CCCN1C(=O)c1ccc(C#Cc2ccc(CN3CCS(=O)(=O)CC3)cc2)cc1. The van der Waals surface area contributed by atoms with E-state index in [-0.39, 0.29) is 17.4 Å². The number of nitrogens with one attached hydrogen (secondary N) is 1. The Kier molecular flexibility index (Phi) is 7.32. The number of sulfone groups is 1. The van der Waals surface area contributed by atoms with E-state index in [1.807, 2.05) is 24.3 Å². The number of amides is 2. The van der Waals surface area contributed by atoms with E-state index < -0.39 is 21.8 Å². The summed E-state index contributed by atoms with van der Waals surface area (Å²) >= 11 is 0. The highest BCUT2D eigenvalue weighted by Crippen LogP contribution is 2.20. The minimum absolute atomic E-state index is 0.220. The first-order valence-corrected chi connectivity index (χ1v) is 13.1. The predicted molar refractivity (Wildman–Crippen MR) is 127 cm³/mol. The number of carbonyl (C=O) groups is 2. The van der Waals surface area contributed by atoms with Gasteiger partial charge in [0, 0.05) is 42.9 Å². The van der Waals surface area contributed by atoms with Crippen LogP contribution in [0, 0.1) is 11.8 Å². The molecule has 0 radical (unpaired) electrons. The highest BCUT2D eigenvalue weighted by Gasteiger charge is 2.34. The molecule has 2 N–H and O–H groups in total. The van der Waals surface area contributed by atoms with Crippen molar-refractivity contribution >= 4 is 21.7 Å². The van der Waals surface area contributed by atoms with Crippen LogP contribution >= 0.6 is 0 Å². The molecule has 2 aliphatic rings. The Balaban J connectivity index is 1.35. The molecule has 9 heteroatoms. The maximum atomic E-state index is 12.8. The van der Waals surface area contributed by atoms with Crippen molar-refractivity contribution in [1.82, 2.24) is 15.3 Å². The quantitative estimate of drug-likeness (QED) is 0.389. The zero-order valence-corrected chi connectivity index (χ0v) is 19.6. The first-order chi connectivity index (χ1) is 16.3. The number of likely N-dealkylation sites (tertiary alicyclic amines) is 1. The first kappa shape index (κ1) is 24.0. The lowest BCUT2D eigenvalue weighted by Crippen LogP contribution is -2.45. The van der Waals surface area contributed by atoms with Crippen LogP contribution in [0.3, 0.4) is 0 Å². The van der Waals surface area contributed by atoms with Gasteiger partial charge in [0.2, 0.25) is 0 Å². The molecular weight excluding hydrogens is 454 g/mol. The average Bonchev–Trinajstić information content (AvgIpc) is 3.34. The second kappa shape index (κ2) is 10.4. The zero-order valence-electron chi connectivity index (χ0n) is 18.7. The molecule has 0 saturated carbocycles. The maximum Gasteiger partial charge on any atom is 0.266 e. The molecule has 178 valence electrons. The topological polar surface area (TPSA) is 107 Å². The molecule has 2 saturated heterocycles. The van der Waals surface area contributed by atoms with Crippen molar-refractivity contribution in [2.45, 2.75) is 25.4 Å². The molecule has 4 rings (SSSR count). The lowest BCUT2D eigenvalue weighted by molar-refractivity contribution is -0.133. The van der Waals surface area contributed by atoms with Gasteiger partial charge in [0.05, 0.1) is 11.5 Å². The molecule has 2 aromatic carbocycles. The fourth-order valence-electron chi connectivity index (χ4n) is 4.22. The molecule has 2 aromatic rings. The van der Waals surface area contributed by atoms with Gasteiger partial charge in [-0.05, 0) is 54.8 Å². The number of hydrogen-bond acceptors (Lipinski definition) is 6. The summed E-state index contributed by atoms with van der Waals surface area (Å²) < 4.78 is 23.1. The van der Waals surface area contributed by atoms with Gasteiger partial charge in [-0.3, -0.25) is 19.7 Å². The fourth-order valence-corrected chi connectivity index (χ4v) is 5.50. The van der Waals surface area contributed by atoms with Gasteiger partial charge in [-0.2, -0.15) is 0 Å². The molecule has 8 nitrogen and oxygen atoms in total. The van der Waals surface area contributed by atoms with Crippen molar-refractivity contribution in [3.8, 4) is 11.8 Å². The number of hydroxylamine groups is 1. The summed E-state index contributed by atoms with van der Waals surface area (Å²) in [6.07, 6.45) is 1.24. The Morgan fingerprint density at radius 3 is 2.12 bits per heavy atom. The van der Waals surface area contributed by atoms with E-state index in [2.05, 4.69) is 16.7 Å². The molecule has 0 bridgehead atoms. The smallest absolute Gasteiger partial charge is 0.266 e. The molecule has 2 heterocycles. The Morgan fingerprint density at radius 1 is 0.941 bits per heavy atom. The minimum Gasteiger partial charge on any atom is -0.327 e. The monoisotopic (exact) mass is 481 g/mol. The van der Waals surface area contributed by atoms with Gasteiger partial charge >= 0.3 is 0 Å². The molecule has 1 atom stereocenters. The van der Waals surface area contributed by atoms with Crippen LogP contribution in [0.2, 0.25) is 0 Å². The Hall–Kier alpha value is -3.19. The highest BCUT2D eigenvalue weighted by molar-refractivity contribution is 7.91. The average molecular weight is 482 g/mol. The van der Waals surface area contributed by atoms with E-state index in [9.17, 15) is 18.0 Å². The van der Waals surface area contributed by atoms with Gasteiger partial charge in [0.15, 0.2) is 9.84 Å². The number of nitrogens with zero attached hydrogens (tertiary/aromatic N) is 2. The normalized spacial score (nSPS) is 19.8. The van der Waals surface area contributed by atoms with Crippen LogP contribution in [0.1, 0.15) is 39.9 Å². The molecular formula is C25H27N3O5S. The second-order valence-electron chi connectivity index (χ2n) is 8.58. The van der Waals surface area contributed by atoms with E-state index in [4.69, 9.17) is 5.21 Å². The highest BCUT2D eigenvalue weighted by atomic mass is 32.2. The Labute approximate surface area is 199 Å². The molecule has 0 unspecified atom stereocenters. The van der Waals surface area contributed by atoms with Crippen molar-refractivity contribution in [1.29, 1.82) is 0 Å². The van der Waals surface area contributed by atoms with Gasteiger partial charge in [-0.25, -0.2) is 13.9 Å². The summed E-state index contributed by atoms with van der Waals surface area (Å²) in [6.45, 7) is 2.33. The van der Waals surface area contributed by atoms with Crippen LogP contribution in [0.15, 0.2) is 48.5 Å². The molecule has 0 aromatic heterocycles. The third kappa shape index (κ3) is 5.83. The molecule has 2 fully saturated rings. The molecule has 2 amide bonds. The minimum atomic E-state index is -2.87. The summed E-state index contributed by atoms with van der Waals surface area (Å²) in [6, 6.07) is 14.2. The summed E-state index contributed by atoms with van der Waals surface area (Å²) in [5, 5.41) is 8.89. The number of carbonyl (C=O) groups excluding carboxylic acids is 2. The van der Waals surface area contributed by atoms with Crippen LogP contribution < -0.4 is 5.48 Å². The van der Waals surface area contributed by atoms with Crippen molar-refractivity contribution in [2.75, 3.05) is 31.1 Å². The first-order valence-electron chi connectivity index (χ1n) is 11.2. The standard InChI is InChI=1S/C25H27N3O5S/c29-24(26-31)23-2-1-13-28(23)25(30)22-11-9-20(10-12-22)4-3-19-5-7-21(8-6-19)18-27-14-16-34(32,33)17-15-27/h5-12,23,31H,1-2,13-18H2,(H,26,29)/t23-/m0/s1. The van der Waals surface area contributed by atoms with Crippen molar-refractivity contribution < 1.29 is 23.2 Å². The lowest BCUT2D eigenvalue weighted by Gasteiger charge is -2.26. The Morgan fingerprint density at radius 2 is 1.53 bits per heavy atom. The van der Waals surface area contributed by atoms with Crippen molar-refractivity contribution in [3.63, 3.8) is 0 Å². The van der Waals surface area contributed by atoms with Crippen LogP contribution in [0.25, 0.3) is 0 Å². The van der Waals surface area contributed by atoms with Crippen molar-refractivity contribution in [2.24, 2.45) is 0 Å². The number of benzene rings is 2. The lowest BCUT2D eigenvalue weighted by atomic mass is 10.1. The Bertz CT molecular complexity index is 1200. The van der Waals surface area contributed by atoms with Gasteiger partial charge in [-0.1, -0.05) is 24.0 Å². The van der Waals surface area contributed by atoms with E-state index in [0.717, 1.165) is 23.2 Å². The van der Waals surface area contributed by atoms with Gasteiger partial charge in [0.1, 0.15) is 6.04 Å². The van der Waals surface area contributed by atoms with Gasteiger partial charge < -0.3 is 4.90 Å². The van der Waals surface area contributed by atoms with Gasteiger partial charge in [0.25, 0.3) is 11.8 Å². The number of hydrogen-bond donors (Lipinski definition) is 2. The van der Waals surface area contributed by atoms with Crippen LogP contribution in [-0.2, 0) is 21.2 Å². The summed E-state index contributed by atoms with van der Waals surface area (Å²) in [7, 11) is -2.87. The van der Waals surface area contributed by atoms with Crippen LogP contribution in [0.4, 0.5) is 0 Å². The third-order valence-electron chi connectivity index (χ3n) is 6.21. The fraction of sp³-hybridized carbons (Fsp3) is 0.360. The predicted octanol–water partition coefficient (Wildman–Crippen LogP) is 1.43. The van der Waals surface area contributed by atoms with Crippen LogP contribution in [0.5, 0.6) is 0 Å². The molecule has 0 spiro atoms. The zero-order chi connectivity index (χ0) is 24.1. The molecule has 34 heavy (non-hydrogen) atoms. The van der Waals surface area contributed by atoms with Gasteiger partial charge in [-0.15, -0.1) is 0 Å². The molecule has 2 aliphatic heterocycles. The van der Waals surface area contributed by atoms with E-state index >= 15 is 0 Å². The summed E-state index contributed by atoms with van der Waals surface area (Å²) in [5.74, 6) is 5.84.